The summed E-state index contributed by atoms with van der Waals surface area (Å²) in [6.07, 6.45) is 0.753. The van der Waals surface area contributed by atoms with Gasteiger partial charge >= 0.3 is 0 Å². The second kappa shape index (κ2) is 9.25. The highest BCUT2D eigenvalue weighted by Gasteiger charge is 2.20. The van der Waals surface area contributed by atoms with Crippen molar-refractivity contribution in [2.45, 2.75) is 26.8 Å². The van der Waals surface area contributed by atoms with Crippen LogP contribution in [0.25, 0.3) is 10.6 Å². The van der Waals surface area contributed by atoms with Crippen molar-refractivity contribution in [1.29, 1.82) is 0 Å². The van der Waals surface area contributed by atoms with E-state index < -0.39 is 0 Å². The van der Waals surface area contributed by atoms with E-state index in [0.29, 0.717) is 47.0 Å². The topological polar surface area (TPSA) is 89.6 Å². The molecule has 0 aliphatic carbocycles. The molecule has 0 spiro atoms. The van der Waals surface area contributed by atoms with Crippen LogP contribution in [0.15, 0.2) is 24.3 Å². The van der Waals surface area contributed by atoms with E-state index in [2.05, 4.69) is 15.6 Å². The fourth-order valence-corrected chi connectivity index (χ4v) is 5.17. The number of thiazole rings is 1. The standard InChI is InChI=1S/C21H20ClN3O4S2/c1-11-18(17-5-4-14(31-17)10-23-12(2)26)24-21(30-11)25-20(27)13-8-15(22)19-16(9-13)28-6-3-7-29-19/h4-5,8-9H,3,6-7,10H2,1-2H3,(H,23,26)(H,24,25,27). The van der Waals surface area contributed by atoms with E-state index in [1.54, 1.807) is 23.5 Å². The van der Waals surface area contributed by atoms with Gasteiger partial charge in [-0.3, -0.25) is 14.9 Å². The molecule has 3 heterocycles. The maximum atomic E-state index is 12.8. The van der Waals surface area contributed by atoms with Gasteiger partial charge in [-0.2, -0.15) is 0 Å². The number of anilines is 1. The summed E-state index contributed by atoms with van der Waals surface area (Å²) in [6, 6.07) is 7.14. The summed E-state index contributed by atoms with van der Waals surface area (Å²) in [4.78, 5) is 31.5. The molecule has 1 aliphatic heterocycles. The summed E-state index contributed by atoms with van der Waals surface area (Å²) in [5, 5.41) is 6.47. The Kier molecular flexibility index (Phi) is 6.45. The highest BCUT2D eigenvalue weighted by atomic mass is 35.5. The van der Waals surface area contributed by atoms with Gasteiger partial charge in [-0.1, -0.05) is 11.6 Å². The molecule has 0 bridgehead atoms. The van der Waals surface area contributed by atoms with Crippen molar-refractivity contribution in [2.75, 3.05) is 18.5 Å². The van der Waals surface area contributed by atoms with Gasteiger partial charge in [0.2, 0.25) is 5.91 Å². The molecule has 2 amide bonds. The number of aryl methyl sites for hydroxylation is 1. The van der Waals surface area contributed by atoms with Crippen LogP contribution in [0.4, 0.5) is 5.13 Å². The monoisotopic (exact) mass is 477 g/mol. The molecule has 0 atom stereocenters. The lowest BCUT2D eigenvalue weighted by Gasteiger charge is -2.11. The zero-order valence-electron chi connectivity index (χ0n) is 16.9. The predicted octanol–water partition coefficient (Wildman–Crippen LogP) is 4.88. The zero-order valence-corrected chi connectivity index (χ0v) is 19.3. The molecule has 10 heteroatoms. The first kappa shape index (κ1) is 21.6. The molecule has 1 aromatic carbocycles. The molecule has 7 nitrogen and oxygen atoms in total. The van der Waals surface area contributed by atoms with Gasteiger partial charge in [0.1, 0.15) is 0 Å². The summed E-state index contributed by atoms with van der Waals surface area (Å²) >= 11 is 9.26. The van der Waals surface area contributed by atoms with Crippen LogP contribution < -0.4 is 20.1 Å². The van der Waals surface area contributed by atoms with Crippen LogP contribution in [0.2, 0.25) is 5.02 Å². The van der Waals surface area contributed by atoms with Crippen molar-refractivity contribution in [2.24, 2.45) is 0 Å². The van der Waals surface area contributed by atoms with Gasteiger partial charge in [-0.05, 0) is 31.2 Å². The SMILES string of the molecule is CC(=O)NCc1ccc(-c2nc(NC(=O)c3cc(Cl)c4c(c3)OCCCO4)sc2C)s1. The number of carbonyl (C=O) groups excluding carboxylic acids is 2. The molecule has 0 radical (unpaired) electrons. The first-order valence-corrected chi connectivity index (χ1v) is 11.6. The van der Waals surface area contributed by atoms with Crippen LogP contribution >= 0.6 is 34.3 Å². The Morgan fingerprint density at radius 3 is 2.81 bits per heavy atom. The van der Waals surface area contributed by atoms with Gasteiger partial charge in [-0.25, -0.2) is 4.98 Å². The number of rotatable bonds is 5. The van der Waals surface area contributed by atoms with Crippen LogP contribution in [0, 0.1) is 6.92 Å². The molecular formula is C21H20ClN3O4S2. The number of hydrogen-bond acceptors (Lipinski definition) is 7. The molecule has 0 fully saturated rings. The lowest BCUT2D eigenvalue weighted by atomic mass is 10.2. The Labute approximate surface area is 192 Å². The van der Waals surface area contributed by atoms with E-state index >= 15 is 0 Å². The van der Waals surface area contributed by atoms with E-state index in [1.807, 2.05) is 19.1 Å². The van der Waals surface area contributed by atoms with E-state index in [0.717, 1.165) is 26.7 Å². The number of nitrogens with zero attached hydrogens (tertiary/aromatic N) is 1. The van der Waals surface area contributed by atoms with E-state index in [9.17, 15) is 9.59 Å². The lowest BCUT2D eigenvalue weighted by Crippen LogP contribution is -2.17. The molecule has 162 valence electrons. The quantitative estimate of drug-likeness (QED) is 0.546. The number of fused-ring (bicyclic) bond motifs is 1. The van der Waals surface area contributed by atoms with Gasteiger partial charge in [0.15, 0.2) is 16.6 Å². The predicted molar refractivity (Wildman–Crippen MR) is 123 cm³/mol. The number of aromatic nitrogens is 1. The van der Waals surface area contributed by atoms with Crippen LogP contribution in [-0.4, -0.2) is 30.0 Å². The number of thiophene rings is 1. The lowest BCUT2D eigenvalue weighted by molar-refractivity contribution is -0.119. The normalized spacial score (nSPS) is 12.9. The third kappa shape index (κ3) is 5.00. The van der Waals surface area contributed by atoms with Crippen molar-refractivity contribution in [3.05, 3.63) is 44.6 Å². The first-order chi connectivity index (χ1) is 14.9. The maximum Gasteiger partial charge on any atom is 0.257 e. The number of carbonyl (C=O) groups is 2. The number of benzene rings is 1. The average molecular weight is 478 g/mol. The van der Waals surface area contributed by atoms with Gasteiger partial charge in [0.05, 0.1) is 35.4 Å². The fraction of sp³-hybridized carbons (Fsp3) is 0.286. The van der Waals surface area contributed by atoms with Crippen LogP contribution in [0.1, 0.15) is 33.5 Å². The maximum absolute atomic E-state index is 12.8. The third-order valence-electron chi connectivity index (χ3n) is 4.49. The molecule has 3 aromatic rings. The van der Waals surface area contributed by atoms with Gasteiger partial charge < -0.3 is 14.8 Å². The highest BCUT2D eigenvalue weighted by molar-refractivity contribution is 7.18. The third-order valence-corrected chi connectivity index (χ3v) is 6.75. The van der Waals surface area contributed by atoms with Crippen LogP contribution in [-0.2, 0) is 11.3 Å². The first-order valence-electron chi connectivity index (χ1n) is 9.62. The Morgan fingerprint density at radius 2 is 2.00 bits per heavy atom. The summed E-state index contributed by atoms with van der Waals surface area (Å²) in [5.41, 5.74) is 1.19. The minimum Gasteiger partial charge on any atom is -0.489 e. The molecular weight excluding hydrogens is 458 g/mol. The molecule has 4 rings (SSSR count). The smallest absolute Gasteiger partial charge is 0.257 e. The Bertz CT molecular complexity index is 1140. The number of ether oxygens (including phenoxy) is 2. The molecule has 2 N–H and O–H groups in total. The van der Waals surface area contributed by atoms with Crippen molar-refractivity contribution < 1.29 is 19.1 Å². The van der Waals surface area contributed by atoms with E-state index in [4.69, 9.17) is 21.1 Å². The van der Waals surface area contributed by atoms with E-state index in [1.165, 1.54) is 18.3 Å². The number of halogens is 1. The number of nitrogens with one attached hydrogen (secondary N) is 2. The van der Waals surface area contributed by atoms with Crippen LogP contribution in [0.5, 0.6) is 11.5 Å². The van der Waals surface area contributed by atoms with Crippen molar-refractivity contribution >= 4 is 51.2 Å². The summed E-state index contributed by atoms with van der Waals surface area (Å²) in [5.74, 6) is 0.544. The van der Waals surface area contributed by atoms with Crippen molar-refractivity contribution in [1.82, 2.24) is 10.3 Å². The van der Waals surface area contributed by atoms with Gasteiger partial charge in [-0.15, -0.1) is 22.7 Å². The Morgan fingerprint density at radius 1 is 1.19 bits per heavy atom. The Hall–Kier alpha value is -2.62. The molecule has 0 saturated carbocycles. The average Bonchev–Trinajstić information content (AvgIpc) is 3.25. The fourth-order valence-electron chi connectivity index (χ4n) is 3.02. The minimum absolute atomic E-state index is 0.0698. The van der Waals surface area contributed by atoms with Crippen molar-refractivity contribution in [3.8, 4) is 22.1 Å². The van der Waals surface area contributed by atoms with E-state index in [-0.39, 0.29) is 11.8 Å². The molecule has 2 aromatic heterocycles. The Balaban J connectivity index is 1.51. The summed E-state index contributed by atoms with van der Waals surface area (Å²) < 4.78 is 11.3. The zero-order chi connectivity index (χ0) is 22.0. The summed E-state index contributed by atoms with van der Waals surface area (Å²) in [7, 11) is 0. The minimum atomic E-state index is -0.324. The van der Waals surface area contributed by atoms with Gasteiger partial charge in [0, 0.05) is 28.7 Å². The second-order valence-corrected chi connectivity index (χ2v) is 9.67. The van der Waals surface area contributed by atoms with Crippen LogP contribution in [0.3, 0.4) is 0 Å². The second-order valence-electron chi connectivity index (χ2n) is 6.89. The number of hydrogen-bond donors (Lipinski definition) is 2. The molecule has 1 aliphatic rings. The largest absolute Gasteiger partial charge is 0.489 e. The number of amides is 2. The van der Waals surface area contributed by atoms with Gasteiger partial charge in [0.25, 0.3) is 5.91 Å². The molecule has 0 saturated heterocycles. The molecule has 31 heavy (non-hydrogen) atoms. The highest BCUT2D eigenvalue weighted by Crippen LogP contribution is 2.39. The van der Waals surface area contributed by atoms with Crippen molar-refractivity contribution in [3.63, 3.8) is 0 Å². The summed E-state index contributed by atoms with van der Waals surface area (Å²) in [6.45, 7) is 4.96. The molecule has 0 unspecified atom stereocenters.